The normalized spacial score (nSPS) is 11.4. The molecule has 1 aromatic rings. The van der Waals surface area contributed by atoms with Crippen molar-refractivity contribution >= 4 is 0 Å². The second kappa shape index (κ2) is 5.85. The number of aromatic nitrogens is 1. The van der Waals surface area contributed by atoms with E-state index in [1.54, 1.807) is 4.57 Å². The van der Waals surface area contributed by atoms with Gasteiger partial charge in [-0.2, -0.15) is 0 Å². The van der Waals surface area contributed by atoms with Crippen molar-refractivity contribution in [3.05, 3.63) is 34.2 Å². The minimum atomic E-state index is 0.129. The first kappa shape index (κ1) is 13.0. The summed E-state index contributed by atoms with van der Waals surface area (Å²) in [6, 6.07) is 4.24. The summed E-state index contributed by atoms with van der Waals surface area (Å²) in [6.07, 6.45) is 1.86. The Morgan fingerprint density at radius 3 is 2.56 bits per heavy atom. The van der Waals surface area contributed by atoms with Gasteiger partial charge in [0.2, 0.25) is 0 Å². The number of pyridine rings is 1. The van der Waals surface area contributed by atoms with Crippen LogP contribution >= 0.6 is 0 Å². The summed E-state index contributed by atoms with van der Waals surface area (Å²) >= 11 is 0. The van der Waals surface area contributed by atoms with Gasteiger partial charge in [0.1, 0.15) is 0 Å². The molecule has 0 aliphatic rings. The molecule has 0 atom stereocenters. The maximum absolute atomic E-state index is 12.0. The van der Waals surface area contributed by atoms with Crippen molar-refractivity contribution in [3.8, 4) is 0 Å². The highest BCUT2D eigenvalue weighted by Gasteiger charge is 2.04. The fraction of sp³-hybridized carbons (Fsp3) is 0.615. The van der Waals surface area contributed by atoms with Crippen LogP contribution in [0.2, 0.25) is 0 Å². The van der Waals surface area contributed by atoms with Crippen LogP contribution in [0.15, 0.2) is 23.1 Å². The third-order valence-electron chi connectivity index (χ3n) is 2.36. The summed E-state index contributed by atoms with van der Waals surface area (Å²) in [6.45, 7) is 9.83. The highest BCUT2D eigenvalue weighted by Crippen LogP contribution is 1.98. The monoisotopic (exact) mass is 222 g/mol. The van der Waals surface area contributed by atoms with Crippen LogP contribution < -0.4 is 10.9 Å². The first-order chi connectivity index (χ1) is 7.50. The maximum Gasteiger partial charge on any atom is 0.255 e. The molecule has 16 heavy (non-hydrogen) atoms. The Bertz CT molecular complexity index is 380. The molecule has 0 saturated carbocycles. The van der Waals surface area contributed by atoms with Crippen LogP contribution in [0.25, 0.3) is 0 Å². The Labute approximate surface area is 97.5 Å². The first-order valence-electron chi connectivity index (χ1n) is 5.92. The van der Waals surface area contributed by atoms with Crippen LogP contribution in [0.4, 0.5) is 0 Å². The Morgan fingerprint density at radius 2 is 2.00 bits per heavy atom. The highest BCUT2D eigenvalue weighted by atomic mass is 16.1. The SMILES string of the molecule is CC(C)Cn1cccc(CNC(C)C)c1=O. The van der Waals surface area contributed by atoms with E-state index in [1.165, 1.54) is 0 Å². The molecule has 1 heterocycles. The van der Waals surface area contributed by atoms with E-state index in [0.29, 0.717) is 18.5 Å². The lowest BCUT2D eigenvalue weighted by molar-refractivity contribution is 0.504. The minimum Gasteiger partial charge on any atom is -0.315 e. The van der Waals surface area contributed by atoms with E-state index in [0.717, 1.165) is 12.1 Å². The quantitative estimate of drug-likeness (QED) is 0.827. The molecule has 0 spiro atoms. The van der Waals surface area contributed by atoms with Gasteiger partial charge < -0.3 is 9.88 Å². The predicted molar refractivity (Wildman–Crippen MR) is 67.5 cm³/mol. The van der Waals surface area contributed by atoms with Crippen LogP contribution in [0.5, 0.6) is 0 Å². The topological polar surface area (TPSA) is 34.0 Å². The molecule has 0 unspecified atom stereocenters. The number of nitrogens with zero attached hydrogens (tertiary/aromatic N) is 1. The zero-order chi connectivity index (χ0) is 12.1. The second-order valence-electron chi connectivity index (χ2n) is 4.92. The molecular weight excluding hydrogens is 200 g/mol. The van der Waals surface area contributed by atoms with Gasteiger partial charge in [-0.05, 0) is 12.0 Å². The zero-order valence-corrected chi connectivity index (χ0v) is 10.7. The highest BCUT2D eigenvalue weighted by molar-refractivity contribution is 5.10. The fourth-order valence-electron chi connectivity index (χ4n) is 1.57. The van der Waals surface area contributed by atoms with E-state index in [-0.39, 0.29) is 5.56 Å². The van der Waals surface area contributed by atoms with Gasteiger partial charge in [0.05, 0.1) is 0 Å². The van der Waals surface area contributed by atoms with Gasteiger partial charge in [-0.1, -0.05) is 33.8 Å². The smallest absolute Gasteiger partial charge is 0.255 e. The Balaban J connectivity index is 2.82. The van der Waals surface area contributed by atoms with E-state index < -0.39 is 0 Å². The molecule has 0 aliphatic carbocycles. The molecule has 0 saturated heterocycles. The largest absolute Gasteiger partial charge is 0.315 e. The molecule has 3 heteroatoms. The average molecular weight is 222 g/mol. The molecule has 1 aromatic heterocycles. The summed E-state index contributed by atoms with van der Waals surface area (Å²) < 4.78 is 1.79. The number of hydrogen-bond donors (Lipinski definition) is 1. The van der Waals surface area contributed by atoms with Gasteiger partial charge in [0, 0.05) is 30.9 Å². The molecule has 1 N–H and O–H groups in total. The van der Waals surface area contributed by atoms with Crippen molar-refractivity contribution in [1.82, 2.24) is 9.88 Å². The third kappa shape index (κ3) is 3.81. The number of hydrogen-bond acceptors (Lipinski definition) is 2. The van der Waals surface area contributed by atoms with Crippen LogP contribution in [-0.4, -0.2) is 10.6 Å². The predicted octanol–water partition coefficient (Wildman–Crippen LogP) is 2.00. The van der Waals surface area contributed by atoms with Crippen molar-refractivity contribution in [2.45, 2.75) is 46.8 Å². The van der Waals surface area contributed by atoms with Crippen LogP contribution in [-0.2, 0) is 13.1 Å². The lowest BCUT2D eigenvalue weighted by Gasteiger charge is -2.12. The molecule has 0 fully saturated rings. The van der Waals surface area contributed by atoms with Gasteiger partial charge in [-0.25, -0.2) is 0 Å². The summed E-state index contributed by atoms with van der Waals surface area (Å²) in [7, 11) is 0. The van der Waals surface area contributed by atoms with E-state index >= 15 is 0 Å². The lowest BCUT2D eigenvalue weighted by atomic mass is 10.2. The molecule has 0 bridgehead atoms. The molecule has 0 radical (unpaired) electrons. The molecule has 0 amide bonds. The van der Waals surface area contributed by atoms with E-state index in [9.17, 15) is 4.79 Å². The third-order valence-corrected chi connectivity index (χ3v) is 2.36. The van der Waals surface area contributed by atoms with Gasteiger partial charge in [0.25, 0.3) is 5.56 Å². The Hall–Kier alpha value is -1.09. The maximum atomic E-state index is 12.0. The zero-order valence-electron chi connectivity index (χ0n) is 10.7. The van der Waals surface area contributed by atoms with Crippen molar-refractivity contribution < 1.29 is 0 Å². The van der Waals surface area contributed by atoms with E-state index in [2.05, 4.69) is 33.0 Å². The molecule has 1 rings (SSSR count). The molecule has 90 valence electrons. The van der Waals surface area contributed by atoms with Gasteiger partial charge in [-0.15, -0.1) is 0 Å². The summed E-state index contributed by atoms with van der Waals surface area (Å²) in [5.41, 5.74) is 0.973. The first-order valence-corrected chi connectivity index (χ1v) is 5.92. The Morgan fingerprint density at radius 1 is 1.31 bits per heavy atom. The summed E-state index contributed by atoms with van der Waals surface area (Å²) in [5, 5.41) is 3.27. The standard InChI is InChI=1S/C13H22N2O/c1-10(2)9-15-7-5-6-12(13(15)16)8-14-11(3)4/h5-7,10-11,14H,8-9H2,1-4H3. The van der Waals surface area contributed by atoms with Gasteiger partial charge in [0.15, 0.2) is 0 Å². The van der Waals surface area contributed by atoms with E-state index in [4.69, 9.17) is 0 Å². The van der Waals surface area contributed by atoms with Crippen molar-refractivity contribution in [2.75, 3.05) is 0 Å². The van der Waals surface area contributed by atoms with Gasteiger partial charge in [-0.3, -0.25) is 4.79 Å². The average Bonchev–Trinajstić information content (AvgIpc) is 2.18. The number of nitrogens with one attached hydrogen (secondary N) is 1. The summed E-state index contributed by atoms with van der Waals surface area (Å²) in [5.74, 6) is 0.492. The number of rotatable bonds is 5. The molecule has 0 aromatic carbocycles. The molecule has 3 nitrogen and oxygen atoms in total. The Kier molecular flexibility index (Phi) is 4.74. The second-order valence-corrected chi connectivity index (χ2v) is 4.92. The van der Waals surface area contributed by atoms with Crippen LogP contribution in [0.3, 0.4) is 0 Å². The lowest BCUT2D eigenvalue weighted by Crippen LogP contribution is -2.30. The molecular formula is C13H22N2O. The fourth-order valence-corrected chi connectivity index (χ4v) is 1.57. The summed E-state index contributed by atoms with van der Waals surface area (Å²) in [4.78, 5) is 12.0. The van der Waals surface area contributed by atoms with Crippen molar-refractivity contribution in [2.24, 2.45) is 5.92 Å². The minimum absolute atomic E-state index is 0.129. The van der Waals surface area contributed by atoms with Crippen LogP contribution in [0, 0.1) is 5.92 Å². The van der Waals surface area contributed by atoms with Crippen molar-refractivity contribution in [1.29, 1.82) is 0 Å². The van der Waals surface area contributed by atoms with Crippen LogP contribution in [0.1, 0.15) is 33.3 Å². The van der Waals surface area contributed by atoms with Crippen molar-refractivity contribution in [3.63, 3.8) is 0 Å². The van der Waals surface area contributed by atoms with Gasteiger partial charge >= 0.3 is 0 Å². The molecule has 0 aliphatic heterocycles. The van der Waals surface area contributed by atoms with E-state index in [1.807, 2.05) is 18.3 Å².